The molecule has 1 saturated heterocycles. The van der Waals surface area contributed by atoms with Crippen molar-refractivity contribution in [2.75, 3.05) is 6.54 Å². The van der Waals surface area contributed by atoms with Gasteiger partial charge in [0.2, 0.25) is 5.91 Å². The topological polar surface area (TPSA) is 83.9 Å². The van der Waals surface area contributed by atoms with Gasteiger partial charge in [-0.2, -0.15) is 0 Å². The van der Waals surface area contributed by atoms with Crippen LogP contribution >= 0.6 is 0 Å². The number of hydrogen-bond acceptors (Lipinski definition) is 4. The highest BCUT2D eigenvalue weighted by Gasteiger charge is 2.71. The van der Waals surface area contributed by atoms with E-state index in [1.807, 2.05) is 0 Å². The van der Waals surface area contributed by atoms with E-state index in [2.05, 4.69) is 53.0 Å². The molecule has 0 radical (unpaired) electrons. The van der Waals surface area contributed by atoms with Gasteiger partial charge in [-0.25, -0.2) is 0 Å². The monoisotopic (exact) mass is 678 g/mol. The van der Waals surface area contributed by atoms with Gasteiger partial charge in [0.1, 0.15) is 6.10 Å². The number of aliphatic carboxylic acids is 1. The van der Waals surface area contributed by atoms with Crippen LogP contribution in [0, 0.1) is 68.0 Å². The number of carbonyl (C=O) groups excluding carboxylic acids is 2. The van der Waals surface area contributed by atoms with E-state index >= 15 is 0 Å². The maximum atomic E-state index is 14.1. The van der Waals surface area contributed by atoms with Crippen LogP contribution in [0.4, 0.5) is 0 Å². The summed E-state index contributed by atoms with van der Waals surface area (Å²) in [5.41, 5.74) is 0.760. The highest BCUT2D eigenvalue weighted by Crippen LogP contribution is 2.78. The maximum Gasteiger partial charge on any atom is 0.309 e. The Balaban J connectivity index is 1.13. The molecule has 274 valence electrons. The molecule has 6 aliphatic carbocycles. The second-order valence-corrected chi connectivity index (χ2v) is 20.8. The van der Waals surface area contributed by atoms with Crippen molar-refractivity contribution in [1.29, 1.82) is 0 Å². The third-order valence-corrected chi connectivity index (χ3v) is 17.9. The van der Waals surface area contributed by atoms with Crippen molar-refractivity contribution in [2.24, 2.45) is 68.0 Å². The molecule has 1 heterocycles. The smallest absolute Gasteiger partial charge is 0.309 e. The second kappa shape index (κ2) is 11.6. The Morgan fingerprint density at radius 2 is 1.59 bits per heavy atom. The average molecular weight is 678 g/mol. The van der Waals surface area contributed by atoms with Gasteiger partial charge in [-0.15, -0.1) is 0 Å². The van der Waals surface area contributed by atoms with E-state index in [1.54, 1.807) is 13.8 Å². The first kappa shape index (κ1) is 35.5. The van der Waals surface area contributed by atoms with Gasteiger partial charge >= 0.3 is 11.9 Å². The molecule has 7 fully saturated rings. The molecule has 1 N–H and O–H groups in total. The van der Waals surface area contributed by atoms with Gasteiger partial charge in [0, 0.05) is 24.4 Å². The van der Waals surface area contributed by atoms with E-state index in [0.29, 0.717) is 41.5 Å². The van der Waals surface area contributed by atoms with Crippen LogP contribution in [0.5, 0.6) is 0 Å². The largest absolute Gasteiger partial charge is 0.481 e. The quantitative estimate of drug-likeness (QED) is 0.214. The summed E-state index contributed by atoms with van der Waals surface area (Å²) in [6.07, 6.45) is 15.8. The fourth-order valence-corrected chi connectivity index (χ4v) is 15.0. The van der Waals surface area contributed by atoms with Crippen molar-refractivity contribution in [3.63, 3.8) is 0 Å². The highest BCUT2D eigenvalue weighted by molar-refractivity contribution is 5.81. The first-order chi connectivity index (χ1) is 22.8. The van der Waals surface area contributed by atoms with E-state index < -0.39 is 11.4 Å². The van der Waals surface area contributed by atoms with E-state index in [1.165, 1.54) is 69.8 Å². The summed E-state index contributed by atoms with van der Waals surface area (Å²) in [5.74, 6) is 2.61. The molecule has 7 rings (SSSR count). The Morgan fingerprint density at radius 1 is 0.857 bits per heavy atom. The summed E-state index contributed by atoms with van der Waals surface area (Å²) in [7, 11) is 0. The van der Waals surface area contributed by atoms with Crippen LogP contribution in [0.15, 0.2) is 12.2 Å². The lowest BCUT2D eigenvalue weighted by Crippen LogP contribution is -2.67. The predicted octanol–water partition coefficient (Wildman–Crippen LogP) is 9.46. The number of piperidine rings is 1. The number of esters is 1. The number of nitrogens with zero attached hydrogens (tertiary/aromatic N) is 1. The molecule has 49 heavy (non-hydrogen) atoms. The number of amides is 1. The number of carboxylic acids is 1. The lowest BCUT2D eigenvalue weighted by atomic mass is 9.32. The summed E-state index contributed by atoms with van der Waals surface area (Å²) in [5, 5.41) is 9.60. The predicted molar refractivity (Wildman–Crippen MR) is 192 cm³/mol. The fraction of sp³-hybridized carbons (Fsp3) is 0.884. The number of carboxylic acid groups (broad SMARTS) is 1. The van der Waals surface area contributed by atoms with Crippen LogP contribution in [0.25, 0.3) is 0 Å². The van der Waals surface area contributed by atoms with E-state index in [9.17, 15) is 19.5 Å². The molecule has 2 unspecified atom stereocenters. The van der Waals surface area contributed by atoms with Crippen LogP contribution < -0.4 is 0 Å². The summed E-state index contributed by atoms with van der Waals surface area (Å²) in [4.78, 5) is 41.3. The van der Waals surface area contributed by atoms with Crippen LogP contribution in [0.2, 0.25) is 0 Å². The molecule has 6 heteroatoms. The van der Waals surface area contributed by atoms with Crippen molar-refractivity contribution >= 4 is 17.8 Å². The van der Waals surface area contributed by atoms with Crippen molar-refractivity contribution in [2.45, 2.75) is 164 Å². The zero-order valence-corrected chi connectivity index (χ0v) is 32.2. The number of hydrogen-bond donors (Lipinski definition) is 1. The van der Waals surface area contributed by atoms with Crippen LogP contribution in [-0.2, 0) is 19.1 Å². The van der Waals surface area contributed by atoms with Crippen molar-refractivity contribution in [3.05, 3.63) is 12.2 Å². The minimum Gasteiger partial charge on any atom is -0.481 e. The number of ether oxygens (including phenoxy) is 1. The Hall–Kier alpha value is -1.85. The molecule has 0 aromatic heterocycles. The Kier molecular flexibility index (Phi) is 8.40. The third kappa shape index (κ3) is 5.15. The Labute approximate surface area is 296 Å². The summed E-state index contributed by atoms with van der Waals surface area (Å²) < 4.78 is 6.19. The molecular weight excluding hydrogens is 610 g/mol. The van der Waals surface area contributed by atoms with E-state index in [4.69, 9.17) is 4.74 Å². The van der Waals surface area contributed by atoms with Crippen molar-refractivity contribution in [3.8, 4) is 0 Å². The Bertz CT molecular complexity index is 1400. The first-order valence-corrected chi connectivity index (χ1v) is 20.2. The number of carbonyl (C=O) groups is 3. The van der Waals surface area contributed by atoms with Gasteiger partial charge < -0.3 is 14.7 Å². The van der Waals surface area contributed by atoms with Gasteiger partial charge in [-0.05, 0) is 161 Å². The van der Waals surface area contributed by atoms with Crippen LogP contribution in [-0.4, -0.2) is 46.5 Å². The molecule has 0 spiro atoms. The summed E-state index contributed by atoms with van der Waals surface area (Å²) in [6.45, 7) is 23.6. The SMILES string of the molecule is C=C(C)[C@@H]1CC[C@]2(CC(=O)N3CC4CCC3C4)CC[C@]3(C)[C@H](CC[C@@H]4[C@@]5(C)CC[C@H](OC(=O)CC(C)(C)C(=O)O)C(C)(C)[C@@H]5CC[C@]43C)[C@@H]12. The molecule has 0 aromatic rings. The number of allylic oxidation sites excluding steroid dienone is 1. The molecule has 0 aromatic carbocycles. The van der Waals surface area contributed by atoms with Crippen LogP contribution in [0.3, 0.4) is 0 Å². The van der Waals surface area contributed by atoms with Gasteiger partial charge in [-0.1, -0.05) is 46.8 Å². The lowest BCUT2D eigenvalue weighted by molar-refractivity contribution is -0.250. The molecule has 12 atom stereocenters. The fourth-order valence-electron chi connectivity index (χ4n) is 15.0. The highest BCUT2D eigenvalue weighted by atomic mass is 16.5. The second-order valence-electron chi connectivity index (χ2n) is 20.8. The number of likely N-dealkylation sites (tertiary alicyclic amines) is 1. The molecule has 6 nitrogen and oxygen atoms in total. The number of fused-ring (bicyclic) bond motifs is 9. The van der Waals surface area contributed by atoms with Crippen molar-refractivity contribution in [1.82, 2.24) is 4.90 Å². The third-order valence-electron chi connectivity index (χ3n) is 17.9. The first-order valence-electron chi connectivity index (χ1n) is 20.2. The molecule has 6 saturated carbocycles. The molecule has 1 amide bonds. The van der Waals surface area contributed by atoms with Crippen LogP contribution in [0.1, 0.15) is 152 Å². The summed E-state index contributed by atoms with van der Waals surface area (Å²) in [6, 6.07) is 0.504. The normalized spacial score (nSPS) is 46.7. The minimum atomic E-state index is -1.13. The molecule has 1 aliphatic heterocycles. The van der Waals surface area contributed by atoms with Gasteiger partial charge in [0.15, 0.2) is 0 Å². The zero-order chi connectivity index (χ0) is 35.5. The van der Waals surface area contributed by atoms with E-state index in [-0.39, 0.29) is 45.6 Å². The maximum absolute atomic E-state index is 14.1. The van der Waals surface area contributed by atoms with Crippen molar-refractivity contribution < 1.29 is 24.2 Å². The molecular formula is C43H67NO5. The van der Waals surface area contributed by atoms with E-state index in [0.717, 1.165) is 38.1 Å². The molecule has 2 bridgehead atoms. The lowest BCUT2D eigenvalue weighted by Gasteiger charge is -2.73. The average Bonchev–Trinajstić information content (AvgIpc) is 3.74. The standard InChI is InChI=1S/C43H67NO5/c1-26(2)29-14-19-43(23-34(45)44-25-27-10-11-28(44)22-27)21-20-41(8)30(36(29)43)12-13-32-40(7)17-16-33(49-35(46)24-38(3,4)37(47)48)39(5,6)31(40)15-18-42(32,41)9/h27-33,36H,1,10-25H2,2-9H3,(H,47,48)/t27?,28?,29-,30+,31-,32+,33-,36+,40-,41+,42+,43+/m0/s1. The number of rotatable bonds is 7. The minimum absolute atomic E-state index is 0.101. The Morgan fingerprint density at radius 3 is 2.22 bits per heavy atom. The van der Waals surface area contributed by atoms with Gasteiger partial charge in [0.05, 0.1) is 11.8 Å². The zero-order valence-electron chi connectivity index (χ0n) is 32.2. The van der Waals surface area contributed by atoms with Gasteiger partial charge in [-0.3, -0.25) is 14.4 Å². The molecule has 7 aliphatic rings. The summed E-state index contributed by atoms with van der Waals surface area (Å²) >= 11 is 0. The van der Waals surface area contributed by atoms with Gasteiger partial charge in [0.25, 0.3) is 0 Å².